The van der Waals surface area contributed by atoms with Gasteiger partial charge in [0.1, 0.15) is 0 Å². The van der Waals surface area contributed by atoms with E-state index in [4.69, 9.17) is 11.6 Å². The van der Waals surface area contributed by atoms with Crippen LogP contribution >= 0.6 is 11.6 Å². The van der Waals surface area contributed by atoms with Crippen LogP contribution in [0.5, 0.6) is 0 Å². The molecule has 1 aromatic carbocycles. The molecule has 0 aliphatic rings. The van der Waals surface area contributed by atoms with E-state index >= 15 is 0 Å². The Morgan fingerprint density at radius 3 is 2.75 bits per heavy atom. The molecule has 0 fully saturated rings. The molecule has 0 radical (unpaired) electrons. The van der Waals surface area contributed by atoms with Gasteiger partial charge in [0.2, 0.25) is 0 Å². The van der Waals surface area contributed by atoms with Crippen LogP contribution in [-0.2, 0) is 6.54 Å². The monoisotopic (exact) mass is 240 g/mol. The summed E-state index contributed by atoms with van der Waals surface area (Å²) < 4.78 is 0. The molecule has 1 rings (SSSR count). The lowest BCUT2D eigenvalue weighted by molar-refractivity contribution is 0.325. The molecule has 1 aromatic rings. The first-order valence-corrected chi connectivity index (χ1v) is 6.15. The molecular weight excluding hydrogens is 220 g/mol. The third-order valence-electron chi connectivity index (χ3n) is 2.67. The van der Waals surface area contributed by atoms with E-state index in [0.717, 1.165) is 31.2 Å². The van der Waals surface area contributed by atoms with Gasteiger partial charge in [-0.2, -0.15) is 0 Å². The van der Waals surface area contributed by atoms with Crippen LogP contribution < -0.4 is 5.32 Å². The van der Waals surface area contributed by atoms with E-state index in [-0.39, 0.29) is 0 Å². The molecule has 0 unspecified atom stereocenters. The SMILES string of the molecule is CCNCCN(C)Cc1ccc(Cl)cc1C. The lowest BCUT2D eigenvalue weighted by Crippen LogP contribution is -2.28. The maximum Gasteiger partial charge on any atom is 0.0408 e. The van der Waals surface area contributed by atoms with E-state index < -0.39 is 0 Å². The molecular formula is C13H21ClN2. The van der Waals surface area contributed by atoms with Gasteiger partial charge >= 0.3 is 0 Å². The van der Waals surface area contributed by atoms with Crippen molar-refractivity contribution in [3.63, 3.8) is 0 Å². The van der Waals surface area contributed by atoms with Crippen LogP contribution in [-0.4, -0.2) is 31.6 Å². The first kappa shape index (κ1) is 13.5. The molecule has 0 saturated heterocycles. The quantitative estimate of drug-likeness (QED) is 0.770. The first-order valence-electron chi connectivity index (χ1n) is 5.77. The van der Waals surface area contributed by atoms with Crippen molar-refractivity contribution in [2.45, 2.75) is 20.4 Å². The first-order chi connectivity index (χ1) is 7.63. The van der Waals surface area contributed by atoms with E-state index in [9.17, 15) is 0 Å². The fourth-order valence-corrected chi connectivity index (χ4v) is 1.88. The molecule has 0 heterocycles. The number of rotatable bonds is 6. The summed E-state index contributed by atoms with van der Waals surface area (Å²) in [4.78, 5) is 2.32. The van der Waals surface area contributed by atoms with E-state index in [0.29, 0.717) is 0 Å². The van der Waals surface area contributed by atoms with E-state index in [1.807, 2.05) is 12.1 Å². The van der Waals surface area contributed by atoms with Crippen molar-refractivity contribution in [2.24, 2.45) is 0 Å². The van der Waals surface area contributed by atoms with Crippen LogP contribution in [0.2, 0.25) is 5.02 Å². The molecule has 0 spiro atoms. The minimum Gasteiger partial charge on any atom is -0.316 e. The highest BCUT2D eigenvalue weighted by molar-refractivity contribution is 6.30. The van der Waals surface area contributed by atoms with Gasteiger partial charge in [-0.15, -0.1) is 0 Å². The third kappa shape index (κ3) is 4.52. The van der Waals surface area contributed by atoms with Gasteiger partial charge in [0.05, 0.1) is 0 Å². The summed E-state index contributed by atoms with van der Waals surface area (Å²) in [5.41, 5.74) is 2.62. The van der Waals surface area contributed by atoms with Gasteiger partial charge < -0.3 is 10.2 Å². The molecule has 0 aliphatic carbocycles. The number of halogens is 1. The van der Waals surface area contributed by atoms with Crippen molar-refractivity contribution in [1.29, 1.82) is 0 Å². The number of nitrogens with one attached hydrogen (secondary N) is 1. The number of hydrogen-bond donors (Lipinski definition) is 1. The second-order valence-electron chi connectivity index (χ2n) is 4.16. The molecule has 0 bridgehead atoms. The molecule has 90 valence electrons. The van der Waals surface area contributed by atoms with E-state index in [2.05, 4.69) is 37.2 Å². The molecule has 0 atom stereocenters. The van der Waals surface area contributed by atoms with Crippen LogP contribution in [0.25, 0.3) is 0 Å². The zero-order chi connectivity index (χ0) is 12.0. The Morgan fingerprint density at radius 1 is 1.38 bits per heavy atom. The average molecular weight is 241 g/mol. The predicted molar refractivity (Wildman–Crippen MR) is 71.1 cm³/mol. The average Bonchev–Trinajstić information content (AvgIpc) is 2.23. The van der Waals surface area contributed by atoms with E-state index in [1.165, 1.54) is 11.1 Å². The van der Waals surface area contributed by atoms with Gasteiger partial charge in [-0.1, -0.05) is 24.6 Å². The van der Waals surface area contributed by atoms with E-state index in [1.54, 1.807) is 0 Å². The zero-order valence-corrected chi connectivity index (χ0v) is 11.1. The summed E-state index contributed by atoms with van der Waals surface area (Å²) in [7, 11) is 2.14. The number of benzene rings is 1. The van der Waals surface area contributed by atoms with Crippen molar-refractivity contribution in [3.8, 4) is 0 Å². The predicted octanol–water partition coefficient (Wildman–Crippen LogP) is 2.69. The zero-order valence-electron chi connectivity index (χ0n) is 10.4. The van der Waals surface area contributed by atoms with Crippen molar-refractivity contribution in [2.75, 3.05) is 26.7 Å². The second-order valence-corrected chi connectivity index (χ2v) is 4.60. The summed E-state index contributed by atoms with van der Waals surface area (Å²) in [5.74, 6) is 0. The highest BCUT2D eigenvalue weighted by atomic mass is 35.5. The Labute approximate surface area is 104 Å². The fourth-order valence-electron chi connectivity index (χ4n) is 1.65. The molecule has 3 heteroatoms. The van der Waals surface area contributed by atoms with Crippen LogP contribution in [0.15, 0.2) is 18.2 Å². The second kappa shape index (κ2) is 6.89. The summed E-state index contributed by atoms with van der Waals surface area (Å²) in [6.45, 7) is 8.36. The van der Waals surface area contributed by atoms with Gasteiger partial charge in [-0.05, 0) is 43.8 Å². The lowest BCUT2D eigenvalue weighted by Gasteiger charge is -2.18. The molecule has 2 nitrogen and oxygen atoms in total. The maximum absolute atomic E-state index is 5.93. The summed E-state index contributed by atoms with van der Waals surface area (Å²) in [6.07, 6.45) is 0. The highest BCUT2D eigenvalue weighted by Gasteiger charge is 2.03. The van der Waals surface area contributed by atoms with Crippen LogP contribution in [0.3, 0.4) is 0 Å². The van der Waals surface area contributed by atoms with Gasteiger partial charge in [-0.3, -0.25) is 0 Å². The largest absolute Gasteiger partial charge is 0.316 e. The normalized spacial score (nSPS) is 11.1. The Balaban J connectivity index is 2.46. The van der Waals surface area contributed by atoms with Gasteiger partial charge in [0.15, 0.2) is 0 Å². The van der Waals surface area contributed by atoms with Crippen LogP contribution in [0.1, 0.15) is 18.1 Å². The van der Waals surface area contributed by atoms with Crippen molar-refractivity contribution in [3.05, 3.63) is 34.3 Å². The Morgan fingerprint density at radius 2 is 2.12 bits per heavy atom. The Kier molecular flexibility index (Phi) is 5.81. The van der Waals surface area contributed by atoms with Gasteiger partial charge in [0.25, 0.3) is 0 Å². The topological polar surface area (TPSA) is 15.3 Å². The summed E-state index contributed by atoms with van der Waals surface area (Å²) >= 11 is 5.93. The summed E-state index contributed by atoms with van der Waals surface area (Å²) in [6, 6.07) is 6.10. The molecule has 0 saturated carbocycles. The number of aryl methyl sites for hydroxylation is 1. The third-order valence-corrected chi connectivity index (χ3v) is 2.90. The molecule has 16 heavy (non-hydrogen) atoms. The minimum absolute atomic E-state index is 0.816. The summed E-state index contributed by atoms with van der Waals surface area (Å²) in [5, 5.41) is 4.14. The van der Waals surface area contributed by atoms with Crippen molar-refractivity contribution >= 4 is 11.6 Å². The van der Waals surface area contributed by atoms with Crippen LogP contribution in [0.4, 0.5) is 0 Å². The van der Waals surface area contributed by atoms with Crippen LogP contribution in [0, 0.1) is 6.92 Å². The molecule has 0 aliphatic heterocycles. The van der Waals surface area contributed by atoms with Crippen molar-refractivity contribution in [1.82, 2.24) is 10.2 Å². The molecule has 0 amide bonds. The highest BCUT2D eigenvalue weighted by Crippen LogP contribution is 2.16. The smallest absolute Gasteiger partial charge is 0.0408 e. The number of hydrogen-bond acceptors (Lipinski definition) is 2. The number of nitrogens with zero attached hydrogens (tertiary/aromatic N) is 1. The van der Waals surface area contributed by atoms with Crippen molar-refractivity contribution < 1.29 is 0 Å². The maximum atomic E-state index is 5.93. The Bertz CT molecular complexity index is 326. The van der Waals surface area contributed by atoms with Gasteiger partial charge in [-0.25, -0.2) is 0 Å². The number of likely N-dealkylation sites (N-methyl/N-ethyl adjacent to an activating group) is 2. The molecule has 1 N–H and O–H groups in total. The van der Waals surface area contributed by atoms with Gasteiger partial charge in [0, 0.05) is 24.7 Å². The lowest BCUT2D eigenvalue weighted by atomic mass is 10.1. The fraction of sp³-hybridized carbons (Fsp3) is 0.538. The molecule has 0 aromatic heterocycles. The standard InChI is InChI=1S/C13H21ClN2/c1-4-15-7-8-16(3)10-12-5-6-13(14)9-11(12)2/h5-6,9,15H,4,7-8,10H2,1-3H3. The minimum atomic E-state index is 0.816. The Hall–Kier alpha value is -0.570.